The lowest BCUT2D eigenvalue weighted by molar-refractivity contribution is 0.479. The predicted molar refractivity (Wildman–Crippen MR) is 188 cm³/mol. The number of rotatable bonds is 11. The van der Waals surface area contributed by atoms with Gasteiger partial charge in [0, 0.05) is 43.5 Å². The summed E-state index contributed by atoms with van der Waals surface area (Å²) in [6.45, 7) is 2.42. The van der Waals surface area contributed by atoms with Crippen molar-refractivity contribution in [2.24, 2.45) is 0 Å². The Hall–Kier alpha value is -2.42. The highest BCUT2D eigenvalue weighted by Gasteiger charge is 2.26. The molecule has 3 heterocycles. The third kappa shape index (κ3) is 10.8. The quantitative estimate of drug-likeness (QED) is 0.146. The molecule has 2 aromatic carbocycles. The Bertz CT molecular complexity index is 1880. The van der Waals surface area contributed by atoms with E-state index in [4.69, 9.17) is 23.2 Å². The lowest BCUT2D eigenvalue weighted by Gasteiger charge is -2.21. The smallest absolute Gasteiger partial charge is 0.264 e. The molecule has 240 valence electrons. The van der Waals surface area contributed by atoms with Gasteiger partial charge in [-0.1, -0.05) is 48.0 Å². The maximum atomic E-state index is 11.3. The van der Waals surface area contributed by atoms with Gasteiger partial charge >= 0.3 is 0 Å². The standard InChI is InChI=1S/C26H27Cl2NO6S4.C5H5N/c1-2-17(13-25-20(5-3-11-38(30,31)32)21-15-18(27)6-8-23(21)36-25)14-26-29(10-4-12-39(33,34)35)22-16-19(28)7-9-24(22)37-26;1-2-4-6-5-3-1/h6-9,13-16H,2-5,10-12H2,1H3,(H,30,31,32)(H,33,34,35);1-5H/b17-13+,26-14-;. The van der Waals surface area contributed by atoms with E-state index in [0.29, 0.717) is 29.4 Å². The summed E-state index contributed by atoms with van der Waals surface area (Å²) in [6, 6.07) is 16.9. The molecule has 0 aliphatic carbocycles. The van der Waals surface area contributed by atoms with Gasteiger partial charge in [-0.25, -0.2) is 0 Å². The number of hydrogen-bond acceptors (Lipinski definition) is 8. The fourth-order valence-corrected chi connectivity index (χ4v) is 8.35. The first-order valence-electron chi connectivity index (χ1n) is 14.0. The number of aromatic nitrogens is 1. The van der Waals surface area contributed by atoms with Crippen LogP contribution in [0.15, 0.2) is 88.6 Å². The highest BCUT2D eigenvalue weighted by molar-refractivity contribution is 8.03. The zero-order valence-electron chi connectivity index (χ0n) is 24.3. The number of pyridine rings is 1. The number of aryl methyl sites for hydroxylation is 1. The molecule has 1 aliphatic rings. The lowest BCUT2D eigenvalue weighted by atomic mass is 10.0. The molecule has 0 unspecified atom stereocenters. The SMILES string of the molecule is CCC(/C=C1\Sc2ccc(Cl)cc2N1CCCS(=O)(=O)O)=C\c1sc2ccc(Cl)cc2c1CCCS(=O)(=O)O.c1ccncc1. The molecule has 0 saturated carbocycles. The van der Waals surface area contributed by atoms with Crippen molar-refractivity contribution >= 4 is 88.4 Å². The van der Waals surface area contributed by atoms with E-state index >= 15 is 0 Å². The van der Waals surface area contributed by atoms with Gasteiger partial charge in [-0.3, -0.25) is 14.1 Å². The number of hydrogen-bond donors (Lipinski definition) is 2. The van der Waals surface area contributed by atoms with E-state index in [1.54, 1.807) is 35.5 Å². The van der Waals surface area contributed by atoms with Crippen molar-refractivity contribution in [3.8, 4) is 0 Å². The van der Waals surface area contributed by atoms with Crippen LogP contribution in [0.2, 0.25) is 10.0 Å². The van der Waals surface area contributed by atoms with Gasteiger partial charge in [0.25, 0.3) is 20.2 Å². The number of thiophene rings is 1. The molecule has 0 amide bonds. The summed E-state index contributed by atoms with van der Waals surface area (Å²) in [6.07, 6.45) is 9.32. The lowest BCUT2D eigenvalue weighted by Crippen LogP contribution is -2.21. The van der Waals surface area contributed by atoms with Crippen molar-refractivity contribution in [2.45, 2.75) is 37.5 Å². The summed E-state index contributed by atoms with van der Waals surface area (Å²) in [5, 5.41) is 3.03. The third-order valence-electron chi connectivity index (χ3n) is 6.69. The van der Waals surface area contributed by atoms with Gasteiger partial charge in [0.1, 0.15) is 0 Å². The fourth-order valence-electron chi connectivity index (χ4n) is 4.65. The van der Waals surface area contributed by atoms with Crippen LogP contribution in [0.5, 0.6) is 0 Å². The molecule has 8 nitrogen and oxygen atoms in total. The van der Waals surface area contributed by atoms with E-state index in [-0.39, 0.29) is 24.3 Å². The molecule has 14 heteroatoms. The Morgan fingerprint density at radius 3 is 2.22 bits per heavy atom. The van der Waals surface area contributed by atoms with E-state index in [9.17, 15) is 25.9 Å². The Kier molecular flexibility index (Phi) is 12.5. The van der Waals surface area contributed by atoms with Crippen LogP contribution in [-0.2, 0) is 26.7 Å². The summed E-state index contributed by atoms with van der Waals surface area (Å²) >= 11 is 15.7. The van der Waals surface area contributed by atoms with Crippen molar-refractivity contribution in [2.75, 3.05) is 23.0 Å². The predicted octanol–water partition coefficient (Wildman–Crippen LogP) is 8.64. The molecule has 0 fully saturated rings. The van der Waals surface area contributed by atoms with E-state index in [2.05, 4.69) is 17.1 Å². The molecule has 4 aromatic rings. The van der Waals surface area contributed by atoms with Crippen LogP contribution in [0, 0.1) is 0 Å². The van der Waals surface area contributed by atoms with Gasteiger partial charge in [-0.2, -0.15) is 16.8 Å². The zero-order valence-corrected chi connectivity index (χ0v) is 29.0. The molecule has 0 radical (unpaired) electrons. The van der Waals surface area contributed by atoms with Crippen molar-refractivity contribution in [1.29, 1.82) is 0 Å². The Morgan fingerprint density at radius 2 is 1.60 bits per heavy atom. The van der Waals surface area contributed by atoms with Gasteiger partial charge in [0.05, 0.1) is 22.2 Å². The number of anilines is 1. The van der Waals surface area contributed by atoms with Crippen molar-refractivity contribution in [3.63, 3.8) is 0 Å². The molecule has 0 bridgehead atoms. The highest BCUT2D eigenvalue weighted by atomic mass is 35.5. The average molecular weight is 728 g/mol. The molecule has 0 atom stereocenters. The average Bonchev–Trinajstić information content (AvgIpc) is 3.49. The first kappa shape index (κ1) is 35.4. The highest BCUT2D eigenvalue weighted by Crippen LogP contribution is 2.47. The minimum Gasteiger partial charge on any atom is -0.335 e. The second-order valence-electron chi connectivity index (χ2n) is 10.1. The zero-order chi connectivity index (χ0) is 32.6. The van der Waals surface area contributed by atoms with E-state index < -0.39 is 20.2 Å². The fraction of sp³-hybridized carbons (Fsp3) is 0.258. The van der Waals surface area contributed by atoms with Crippen LogP contribution >= 0.6 is 46.3 Å². The second kappa shape index (κ2) is 15.9. The summed E-state index contributed by atoms with van der Waals surface area (Å²) in [5.74, 6) is -0.667. The van der Waals surface area contributed by atoms with Crippen LogP contribution in [0.1, 0.15) is 36.6 Å². The van der Waals surface area contributed by atoms with Crippen molar-refractivity contribution in [3.05, 3.63) is 104 Å². The van der Waals surface area contributed by atoms with Gasteiger partial charge in [0.2, 0.25) is 0 Å². The monoisotopic (exact) mass is 726 g/mol. The largest absolute Gasteiger partial charge is 0.335 e. The van der Waals surface area contributed by atoms with Crippen LogP contribution in [0.25, 0.3) is 16.2 Å². The van der Waals surface area contributed by atoms with E-state index in [1.165, 1.54) is 0 Å². The van der Waals surface area contributed by atoms with Gasteiger partial charge in [-0.15, -0.1) is 11.3 Å². The number of allylic oxidation sites excluding steroid dienone is 2. The first-order valence-corrected chi connectivity index (χ1v) is 19.6. The number of benzene rings is 2. The number of thioether (sulfide) groups is 1. The van der Waals surface area contributed by atoms with Crippen molar-refractivity contribution in [1.82, 2.24) is 4.98 Å². The topological polar surface area (TPSA) is 125 Å². The Balaban J connectivity index is 0.000000687. The maximum absolute atomic E-state index is 11.3. The minimum atomic E-state index is -4.08. The molecule has 2 N–H and O–H groups in total. The molecule has 0 saturated heterocycles. The molecule has 45 heavy (non-hydrogen) atoms. The van der Waals surface area contributed by atoms with Gasteiger partial charge in [0.15, 0.2) is 0 Å². The minimum absolute atomic E-state index is 0.239. The molecular formula is C31H32Cl2N2O6S4. The number of nitrogens with zero attached hydrogens (tertiary/aromatic N) is 2. The van der Waals surface area contributed by atoms with Gasteiger partial charge < -0.3 is 4.90 Å². The van der Waals surface area contributed by atoms with Gasteiger partial charge in [-0.05, 0) is 103 Å². The molecular weight excluding hydrogens is 696 g/mol. The Labute approximate surface area is 282 Å². The number of halogens is 2. The van der Waals surface area contributed by atoms with E-state index in [0.717, 1.165) is 41.7 Å². The maximum Gasteiger partial charge on any atom is 0.264 e. The molecule has 1 aliphatic heterocycles. The third-order valence-corrected chi connectivity index (χ3v) is 11.0. The molecule has 5 rings (SSSR count). The first-order chi connectivity index (χ1) is 21.3. The van der Waals surface area contributed by atoms with E-state index in [1.807, 2.05) is 66.4 Å². The summed E-state index contributed by atoms with van der Waals surface area (Å²) < 4.78 is 64.7. The van der Waals surface area contributed by atoms with Crippen LogP contribution in [-0.4, -0.2) is 49.0 Å². The summed E-state index contributed by atoms with van der Waals surface area (Å²) in [7, 11) is -8.14. The van der Waals surface area contributed by atoms with Crippen LogP contribution in [0.4, 0.5) is 5.69 Å². The van der Waals surface area contributed by atoms with Crippen LogP contribution in [0.3, 0.4) is 0 Å². The normalized spacial score (nSPS) is 14.5. The Morgan fingerprint density at radius 1 is 0.933 bits per heavy atom. The molecule has 2 aromatic heterocycles. The van der Waals surface area contributed by atoms with Crippen molar-refractivity contribution < 1.29 is 25.9 Å². The number of fused-ring (bicyclic) bond motifs is 2. The van der Waals surface area contributed by atoms with Crippen LogP contribution < -0.4 is 4.90 Å². The molecule has 0 spiro atoms. The summed E-state index contributed by atoms with van der Waals surface area (Å²) in [5.41, 5.74) is 2.88. The second-order valence-corrected chi connectivity index (χ2v) is 16.2. The summed E-state index contributed by atoms with van der Waals surface area (Å²) in [4.78, 5) is 7.78.